The second-order valence-electron chi connectivity index (χ2n) is 6.16. The maximum absolute atomic E-state index is 12.7. The molecule has 0 heterocycles. The smallest absolute Gasteiger partial charge is 0.195 e. The Labute approximate surface area is 137 Å². The fraction of sp³-hybridized carbons (Fsp3) is 0.316. The Morgan fingerprint density at radius 3 is 2.32 bits per heavy atom. The number of carbonyl (C=O) groups excluding carboxylic acids is 1. The first-order valence-corrected chi connectivity index (χ1v) is 8.24. The highest BCUT2D eigenvalue weighted by atomic mass is 35.5. The third-order valence-electron chi connectivity index (χ3n) is 4.26. The summed E-state index contributed by atoms with van der Waals surface area (Å²) < 4.78 is 0.829. The summed E-state index contributed by atoms with van der Waals surface area (Å²) in [6, 6.07) is 12.2. The number of Topliss-reactive ketones (excluding diaryl/α,β-unsaturated/α-hetero) is 1. The van der Waals surface area contributed by atoms with Gasteiger partial charge in [0, 0.05) is 17.3 Å². The third-order valence-corrected chi connectivity index (χ3v) is 4.26. The van der Waals surface area contributed by atoms with Gasteiger partial charge in [0.1, 0.15) is 6.54 Å². The van der Waals surface area contributed by atoms with Gasteiger partial charge in [-0.3, -0.25) is 4.79 Å². The van der Waals surface area contributed by atoms with E-state index in [1.807, 2.05) is 12.1 Å². The topological polar surface area (TPSA) is 17.1 Å². The van der Waals surface area contributed by atoms with Crippen molar-refractivity contribution in [2.75, 3.05) is 33.6 Å². The zero-order valence-corrected chi connectivity index (χ0v) is 14.4. The summed E-state index contributed by atoms with van der Waals surface area (Å²) >= 11 is 4.64. The Hall–Kier alpha value is -1.64. The highest BCUT2D eigenvalue weighted by Crippen LogP contribution is 2.31. The van der Waals surface area contributed by atoms with Crippen molar-refractivity contribution in [2.45, 2.75) is 6.92 Å². The Morgan fingerprint density at radius 2 is 1.68 bits per heavy atom. The Kier molecular flexibility index (Phi) is 5.05. The van der Waals surface area contributed by atoms with Crippen molar-refractivity contribution in [3.05, 3.63) is 53.1 Å². The first kappa shape index (κ1) is 16.7. The van der Waals surface area contributed by atoms with Gasteiger partial charge >= 0.3 is 0 Å². The average molecular weight is 317 g/mol. The number of hydrogen-bond donors (Lipinski definition) is 0. The van der Waals surface area contributed by atoms with E-state index in [4.69, 9.17) is 0 Å². The van der Waals surface area contributed by atoms with Crippen LogP contribution in [-0.4, -0.2) is 43.8 Å². The van der Waals surface area contributed by atoms with Crippen molar-refractivity contribution in [2.24, 2.45) is 0 Å². The van der Waals surface area contributed by atoms with E-state index in [-0.39, 0.29) is 5.78 Å². The number of quaternary nitrogens is 1. The molecule has 0 atom stereocenters. The van der Waals surface area contributed by atoms with Gasteiger partial charge in [-0.15, -0.1) is 11.6 Å². The molecule has 22 heavy (non-hydrogen) atoms. The molecule has 1 aliphatic rings. The van der Waals surface area contributed by atoms with E-state index in [1.165, 1.54) is 11.9 Å². The summed E-state index contributed by atoms with van der Waals surface area (Å²) in [7, 11) is 4.32. The number of benzene rings is 2. The van der Waals surface area contributed by atoms with E-state index in [0.717, 1.165) is 39.5 Å². The zero-order chi connectivity index (χ0) is 16.3. The standard InChI is InChI=1S/C18H20NO.CH3Cl/c1-4-19(2,3)12-15-11-14-9-5-7-13-8-6-10-16(17(13)14)18(15)20;1-2/h5-11H,4,12H2,1-3H3;1H3/q+1;. The van der Waals surface area contributed by atoms with E-state index in [2.05, 4.69) is 63.0 Å². The Morgan fingerprint density at radius 1 is 1.05 bits per heavy atom. The predicted octanol–water partition coefficient (Wildman–Crippen LogP) is 4.37. The minimum atomic E-state index is 0.189. The number of carbonyl (C=O) groups is 1. The molecule has 0 N–H and O–H groups in total. The lowest BCUT2D eigenvalue weighted by Gasteiger charge is -2.30. The van der Waals surface area contributed by atoms with Crippen molar-refractivity contribution < 1.29 is 9.28 Å². The molecule has 1 aliphatic carbocycles. The van der Waals surface area contributed by atoms with Crippen molar-refractivity contribution in [3.63, 3.8) is 0 Å². The van der Waals surface area contributed by atoms with Crippen molar-refractivity contribution in [1.29, 1.82) is 0 Å². The molecule has 2 nitrogen and oxygen atoms in total. The highest BCUT2D eigenvalue weighted by Gasteiger charge is 2.26. The van der Waals surface area contributed by atoms with Crippen LogP contribution in [0.1, 0.15) is 22.8 Å². The van der Waals surface area contributed by atoms with Crippen LogP contribution in [0.5, 0.6) is 0 Å². The summed E-state index contributed by atoms with van der Waals surface area (Å²) in [6.45, 7) is 3.94. The summed E-state index contributed by atoms with van der Waals surface area (Å²) in [5.41, 5.74) is 2.94. The molecule has 2 aromatic rings. The molecule has 0 saturated carbocycles. The van der Waals surface area contributed by atoms with Crippen LogP contribution in [0.3, 0.4) is 0 Å². The average Bonchev–Trinajstić information content (AvgIpc) is 2.54. The molecule has 0 radical (unpaired) electrons. The first-order chi connectivity index (χ1) is 10.5. The molecule has 0 aromatic heterocycles. The monoisotopic (exact) mass is 316 g/mol. The van der Waals surface area contributed by atoms with Crippen LogP contribution >= 0.6 is 11.6 Å². The lowest BCUT2D eigenvalue weighted by molar-refractivity contribution is -0.883. The molecule has 0 saturated heterocycles. The van der Waals surface area contributed by atoms with Gasteiger partial charge in [0.25, 0.3) is 0 Å². The third kappa shape index (κ3) is 3.08. The van der Waals surface area contributed by atoms with E-state index in [0.29, 0.717) is 0 Å². The fourth-order valence-electron chi connectivity index (χ4n) is 2.80. The highest BCUT2D eigenvalue weighted by molar-refractivity contribution is 6.22. The van der Waals surface area contributed by atoms with Gasteiger partial charge < -0.3 is 4.48 Å². The Bertz CT molecular complexity index is 726. The molecule has 3 rings (SSSR count). The molecule has 116 valence electrons. The number of rotatable bonds is 3. The van der Waals surface area contributed by atoms with Crippen LogP contribution in [0, 0.1) is 0 Å². The van der Waals surface area contributed by atoms with E-state index < -0.39 is 0 Å². The molecule has 0 aliphatic heterocycles. The summed E-state index contributed by atoms with van der Waals surface area (Å²) in [5, 5.41) is 2.25. The van der Waals surface area contributed by atoms with Crippen LogP contribution in [0.4, 0.5) is 0 Å². The molecular formula is C19H23ClNO+. The zero-order valence-electron chi connectivity index (χ0n) is 13.7. The lowest BCUT2D eigenvalue weighted by atomic mass is 9.87. The van der Waals surface area contributed by atoms with Gasteiger partial charge in [-0.1, -0.05) is 36.4 Å². The molecule has 3 heteroatoms. The second kappa shape index (κ2) is 6.64. The number of ketones is 1. The largest absolute Gasteiger partial charge is 0.325 e. The SMILES string of the molecule is CC[N+](C)(C)CC1=Cc2cccc3cccc(c23)C1=O.CCl. The second-order valence-corrected chi connectivity index (χ2v) is 6.16. The summed E-state index contributed by atoms with van der Waals surface area (Å²) in [4.78, 5) is 12.7. The Balaban J connectivity index is 0.000000847. The van der Waals surface area contributed by atoms with Crippen LogP contribution in [0.25, 0.3) is 16.8 Å². The number of halogens is 1. The van der Waals surface area contributed by atoms with Gasteiger partial charge in [0.2, 0.25) is 0 Å². The van der Waals surface area contributed by atoms with Crippen LogP contribution < -0.4 is 0 Å². The van der Waals surface area contributed by atoms with Crippen LogP contribution in [-0.2, 0) is 0 Å². The maximum Gasteiger partial charge on any atom is 0.195 e. The number of likely N-dealkylation sites (N-methyl/N-ethyl adjacent to an activating group) is 1. The van der Waals surface area contributed by atoms with Gasteiger partial charge in [-0.05, 0) is 23.9 Å². The van der Waals surface area contributed by atoms with Crippen molar-refractivity contribution in [1.82, 2.24) is 0 Å². The molecule has 0 fully saturated rings. The molecule has 0 spiro atoms. The van der Waals surface area contributed by atoms with Gasteiger partial charge in [0.05, 0.1) is 26.2 Å². The lowest BCUT2D eigenvalue weighted by Crippen LogP contribution is -2.42. The van der Waals surface area contributed by atoms with E-state index in [9.17, 15) is 4.79 Å². The van der Waals surface area contributed by atoms with Crippen molar-refractivity contribution >= 4 is 34.2 Å². The van der Waals surface area contributed by atoms with Crippen LogP contribution in [0.15, 0.2) is 42.0 Å². The van der Waals surface area contributed by atoms with E-state index in [1.54, 1.807) is 0 Å². The molecule has 2 aromatic carbocycles. The molecule has 0 bridgehead atoms. The summed E-state index contributed by atoms with van der Waals surface area (Å²) in [5.74, 6) is 0.189. The van der Waals surface area contributed by atoms with E-state index >= 15 is 0 Å². The number of alkyl halides is 1. The van der Waals surface area contributed by atoms with Gasteiger partial charge in [0.15, 0.2) is 5.78 Å². The molecular weight excluding hydrogens is 294 g/mol. The predicted molar refractivity (Wildman–Crippen MR) is 95.5 cm³/mol. The minimum absolute atomic E-state index is 0.189. The number of hydrogen-bond acceptors (Lipinski definition) is 1. The first-order valence-electron chi connectivity index (χ1n) is 7.49. The number of nitrogens with zero attached hydrogens (tertiary/aromatic N) is 1. The quantitative estimate of drug-likeness (QED) is 0.607. The van der Waals surface area contributed by atoms with Gasteiger partial charge in [-0.2, -0.15) is 0 Å². The minimum Gasteiger partial charge on any atom is -0.325 e. The van der Waals surface area contributed by atoms with Crippen molar-refractivity contribution in [3.8, 4) is 0 Å². The maximum atomic E-state index is 12.7. The van der Waals surface area contributed by atoms with Gasteiger partial charge in [-0.25, -0.2) is 0 Å². The fourth-order valence-corrected chi connectivity index (χ4v) is 2.80. The molecule has 0 amide bonds. The summed E-state index contributed by atoms with van der Waals surface area (Å²) in [6.07, 6.45) is 3.55. The normalized spacial score (nSPS) is 13.5. The molecule has 0 unspecified atom stereocenters. The van der Waals surface area contributed by atoms with Crippen LogP contribution in [0.2, 0.25) is 0 Å².